The number of benzene rings is 1. The number of aryl methyl sites for hydroxylation is 1. The Hall–Kier alpha value is -2.60. The van der Waals surface area contributed by atoms with Gasteiger partial charge in [-0.3, -0.25) is 4.90 Å². The third-order valence-corrected chi connectivity index (χ3v) is 4.60. The van der Waals surface area contributed by atoms with E-state index in [1.807, 2.05) is 25.1 Å². The predicted molar refractivity (Wildman–Crippen MR) is 93.1 cm³/mol. The standard InChI is InChI=1S/C19H20FN5/c1-13-23-16(11-17(24-13)19-21-8-9-22-19)18-3-2-10-25(18)12-14-4-6-15(20)7-5-14/h4-9,11,18H,2-3,10,12H2,1H3,(H,21,22). The van der Waals surface area contributed by atoms with Crippen molar-refractivity contribution in [1.29, 1.82) is 0 Å². The molecule has 1 saturated heterocycles. The number of nitrogens with zero attached hydrogens (tertiary/aromatic N) is 4. The van der Waals surface area contributed by atoms with Crippen LogP contribution in [0.4, 0.5) is 4.39 Å². The number of hydrogen-bond acceptors (Lipinski definition) is 4. The molecule has 2 aromatic heterocycles. The van der Waals surface area contributed by atoms with Crippen molar-refractivity contribution in [3.05, 3.63) is 65.6 Å². The fourth-order valence-electron chi connectivity index (χ4n) is 3.46. The summed E-state index contributed by atoms with van der Waals surface area (Å²) in [7, 11) is 0. The van der Waals surface area contributed by atoms with Gasteiger partial charge in [-0.2, -0.15) is 0 Å². The highest BCUT2D eigenvalue weighted by Gasteiger charge is 2.28. The van der Waals surface area contributed by atoms with Gasteiger partial charge in [0.1, 0.15) is 17.3 Å². The quantitative estimate of drug-likeness (QED) is 0.789. The zero-order valence-electron chi connectivity index (χ0n) is 14.1. The SMILES string of the molecule is Cc1nc(-c2ncc[nH]2)cc(C2CCCN2Cc2ccc(F)cc2)n1. The van der Waals surface area contributed by atoms with E-state index in [2.05, 4.69) is 24.8 Å². The van der Waals surface area contributed by atoms with E-state index >= 15 is 0 Å². The molecule has 1 N–H and O–H groups in total. The largest absolute Gasteiger partial charge is 0.343 e. The van der Waals surface area contributed by atoms with Gasteiger partial charge in [-0.15, -0.1) is 0 Å². The third-order valence-electron chi connectivity index (χ3n) is 4.60. The lowest BCUT2D eigenvalue weighted by molar-refractivity contribution is 0.244. The summed E-state index contributed by atoms with van der Waals surface area (Å²) in [6, 6.07) is 9.02. The summed E-state index contributed by atoms with van der Waals surface area (Å²) in [4.78, 5) is 19.0. The van der Waals surface area contributed by atoms with Gasteiger partial charge in [0.15, 0.2) is 5.82 Å². The molecule has 4 rings (SSSR count). The summed E-state index contributed by atoms with van der Waals surface area (Å²) >= 11 is 0. The first-order valence-electron chi connectivity index (χ1n) is 8.53. The van der Waals surface area contributed by atoms with Crippen LogP contribution in [0, 0.1) is 12.7 Å². The van der Waals surface area contributed by atoms with Gasteiger partial charge in [0.25, 0.3) is 0 Å². The van der Waals surface area contributed by atoms with E-state index in [-0.39, 0.29) is 11.9 Å². The molecular weight excluding hydrogens is 317 g/mol. The lowest BCUT2D eigenvalue weighted by Gasteiger charge is -2.24. The third kappa shape index (κ3) is 3.44. The molecule has 128 valence electrons. The van der Waals surface area contributed by atoms with Crippen molar-refractivity contribution < 1.29 is 4.39 Å². The fourth-order valence-corrected chi connectivity index (χ4v) is 3.46. The van der Waals surface area contributed by atoms with Gasteiger partial charge in [0.2, 0.25) is 0 Å². The van der Waals surface area contributed by atoms with E-state index in [9.17, 15) is 4.39 Å². The van der Waals surface area contributed by atoms with E-state index in [0.717, 1.165) is 54.5 Å². The van der Waals surface area contributed by atoms with E-state index in [1.165, 1.54) is 12.1 Å². The summed E-state index contributed by atoms with van der Waals surface area (Å²) in [5.41, 5.74) is 2.96. The average Bonchev–Trinajstić information content (AvgIpc) is 3.28. The molecule has 1 aliphatic heterocycles. The Labute approximate surface area is 146 Å². The monoisotopic (exact) mass is 337 g/mol. The first-order valence-corrected chi connectivity index (χ1v) is 8.53. The van der Waals surface area contributed by atoms with Crippen LogP contribution >= 0.6 is 0 Å². The molecule has 3 heterocycles. The molecule has 1 unspecified atom stereocenters. The van der Waals surface area contributed by atoms with Crippen LogP contribution in [0.2, 0.25) is 0 Å². The number of rotatable bonds is 4. The molecule has 6 heteroatoms. The summed E-state index contributed by atoms with van der Waals surface area (Å²) in [6.45, 7) is 3.72. The number of halogens is 1. The Kier molecular flexibility index (Phi) is 4.28. The zero-order valence-corrected chi connectivity index (χ0v) is 14.1. The Morgan fingerprint density at radius 2 is 2.08 bits per heavy atom. The number of hydrogen-bond donors (Lipinski definition) is 1. The van der Waals surface area contributed by atoms with E-state index in [4.69, 9.17) is 0 Å². The van der Waals surface area contributed by atoms with E-state index < -0.39 is 0 Å². The highest BCUT2D eigenvalue weighted by Crippen LogP contribution is 2.33. The molecule has 3 aromatic rings. The topological polar surface area (TPSA) is 57.7 Å². The minimum atomic E-state index is -0.198. The second kappa shape index (κ2) is 6.72. The molecule has 0 saturated carbocycles. The summed E-state index contributed by atoms with van der Waals surface area (Å²) in [5.74, 6) is 1.31. The highest BCUT2D eigenvalue weighted by molar-refractivity contribution is 5.49. The number of nitrogens with one attached hydrogen (secondary N) is 1. The van der Waals surface area contributed by atoms with Gasteiger partial charge in [-0.25, -0.2) is 19.3 Å². The van der Waals surface area contributed by atoms with Crippen LogP contribution in [0.1, 0.15) is 36.0 Å². The van der Waals surface area contributed by atoms with Gasteiger partial charge < -0.3 is 4.98 Å². The summed E-state index contributed by atoms with van der Waals surface area (Å²) < 4.78 is 13.1. The first-order chi connectivity index (χ1) is 12.2. The first kappa shape index (κ1) is 15.9. The molecule has 0 radical (unpaired) electrons. The average molecular weight is 337 g/mol. The van der Waals surface area contributed by atoms with E-state index in [1.54, 1.807) is 12.4 Å². The van der Waals surface area contributed by atoms with Gasteiger partial charge >= 0.3 is 0 Å². The normalized spacial score (nSPS) is 17.9. The second-order valence-corrected chi connectivity index (χ2v) is 6.42. The molecular formula is C19H20FN5. The molecule has 0 aliphatic carbocycles. The van der Waals surface area contributed by atoms with Crippen LogP contribution in [0.15, 0.2) is 42.7 Å². The van der Waals surface area contributed by atoms with Crippen molar-refractivity contribution >= 4 is 0 Å². The maximum atomic E-state index is 13.1. The Morgan fingerprint density at radius 1 is 1.24 bits per heavy atom. The number of likely N-dealkylation sites (tertiary alicyclic amines) is 1. The minimum Gasteiger partial charge on any atom is -0.343 e. The van der Waals surface area contributed by atoms with Crippen molar-refractivity contribution in [2.45, 2.75) is 32.4 Å². The minimum absolute atomic E-state index is 0.198. The maximum absolute atomic E-state index is 13.1. The van der Waals surface area contributed by atoms with Crippen molar-refractivity contribution in [3.8, 4) is 11.5 Å². The fraction of sp³-hybridized carbons (Fsp3) is 0.316. The van der Waals surface area contributed by atoms with Crippen LogP contribution < -0.4 is 0 Å². The molecule has 1 fully saturated rings. The van der Waals surface area contributed by atoms with Crippen LogP contribution in [0.25, 0.3) is 11.5 Å². The number of H-pyrrole nitrogens is 1. The van der Waals surface area contributed by atoms with Crippen molar-refractivity contribution in [1.82, 2.24) is 24.8 Å². The summed E-state index contributed by atoms with van der Waals surface area (Å²) in [6.07, 6.45) is 5.71. The van der Waals surface area contributed by atoms with Crippen molar-refractivity contribution in [2.75, 3.05) is 6.54 Å². The van der Waals surface area contributed by atoms with Crippen LogP contribution in [0.3, 0.4) is 0 Å². The molecule has 0 amide bonds. The number of aromatic nitrogens is 4. The summed E-state index contributed by atoms with van der Waals surface area (Å²) in [5, 5.41) is 0. The van der Waals surface area contributed by atoms with E-state index in [0.29, 0.717) is 0 Å². The van der Waals surface area contributed by atoms with Gasteiger partial charge in [0.05, 0.1) is 11.7 Å². The maximum Gasteiger partial charge on any atom is 0.156 e. The Balaban J connectivity index is 1.60. The second-order valence-electron chi connectivity index (χ2n) is 6.42. The lowest BCUT2D eigenvalue weighted by Crippen LogP contribution is -2.24. The Bertz CT molecular complexity index is 845. The van der Waals surface area contributed by atoms with Gasteiger partial charge in [-0.05, 0) is 50.1 Å². The molecule has 1 atom stereocenters. The molecule has 0 spiro atoms. The highest BCUT2D eigenvalue weighted by atomic mass is 19.1. The van der Waals surface area contributed by atoms with Crippen LogP contribution in [0.5, 0.6) is 0 Å². The van der Waals surface area contributed by atoms with Crippen LogP contribution in [-0.2, 0) is 6.54 Å². The van der Waals surface area contributed by atoms with Crippen molar-refractivity contribution in [2.24, 2.45) is 0 Å². The van der Waals surface area contributed by atoms with Gasteiger partial charge in [-0.1, -0.05) is 12.1 Å². The smallest absolute Gasteiger partial charge is 0.156 e. The molecule has 1 aliphatic rings. The Morgan fingerprint density at radius 3 is 2.84 bits per heavy atom. The van der Waals surface area contributed by atoms with Gasteiger partial charge in [0, 0.05) is 18.9 Å². The number of aromatic amines is 1. The number of imidazole rings is 1. The molecule has 0 bridgehead atoms. The molecule has 1 aromatic carbocycles. The lowest BCUT2D eigenvalue weighted by atomic mass is 10.1. The zero-order chi connectivity index (χ0) is 17.2. The molecule has 25 heavy (non-hydrogen) atoms. The van der Waals surface area contributed by atoms with Crippen molar-refractivity contribution in [3.63, 3.8) is 0 Å². The molecule has 5 nitrogen and oxygen atoms in total. The predicted octanol–water partition coefficient (Wildman–Crippen LogP) is 3.65. The van der Waals surface area contributed by atoms with Crippen LogP contribution in [-0.4, -0.2) is 31.4 Å².